The van der Waals surface area contributed by atoms with Crippen LogP contribution < -0.4 is 14.5 Å². The van der Waals surface area contributed by atoms with Crippen molar-refractivity contribution < 1.29 is 38.7 Å². The van der Waals surface area contributed by atoms with Crippen molar-refractivity contribution in [3.8, 4) is 5.75 Å². The van der Waals surface area contributed by atoms with Gasteiger partial charge in [0.05, 0.1) is 21.9 Å². The summed E-state index contributed by atoms with van der Waals surface area (Å²) in [7, 11) is 0. The van der Waals surface area contributed by atoms with Crippen molar-refractivity contribution in [2.45, 2.75) is 33.9 Å². The number of aryl methyl sites for hydroxylation is 2. The number of aliphatic hydroxyl groups is 1. The maximum absolute atomic E-state index is 13.1. The molecule has 1 N–H and O–H groups in total. The van der Waals surface area contributed by atoms with E-state index in [1.807, 2.05) is 50.3 Å². The van der Waals surface area contributed by atoms with Gasteiger partial charge in [-0.25, -0.2) is 9.69 Å². The van der Waals surface area contributed by atoms with Gasteiger partial charge < -0.3 is 14.6 Å². The number of benzene rings is 5. The fourth-order valence-electron chi connectivity index (χ4n) is 6.28. The van der Waals surface area contributed by atoms with E-state index in [0.717, 1.165) is 32.8 Å². The molecule has 7 rings (SSSR count). The van der Waals surface area contributed by atoms with E-state index in [4.69, 9.17) is 9.47 Å². The molecule has 0 saturated heterocycles. The molecule has 0 aromatic heterocycles. The number of ether oxygens (including phenoxy) is 2. The quantitative estimate of drug-likeness (QED) is 0.0592. The van der Waals surface area contributed by atoms with Crippen molar-refractivity contribution in [3.05, 3.63) is 165 Å². The maximum Gasteiger partial charge on any atom is 0.426 e. The predicted molar refractivity (Wildman–Crippen MR) is 208 cm³/mol. The standard InChI is InChI=1S/C22H14N2O6.C21H21NO3/c25-20(14-10-12-15(13-11-14)24(28)29)19-17-8-4-5-9-18(17)23(21(19)26)22(27)30-16-6-2-1-3-7-16;1-13-9-10-14(2)17(11-13)12-19-18-7-5-6-8-20(18)22(21(19)24)15(3)25-16(4)23/h1-13,25H;5-12,15H,1-4H3. The van der Waals surface area contributed by atoms with Crippen LogP contribution in [0, 0.1) is 24.0 Å². The molecule has 5 aromatic rings. The zero-order valence-electron chi connectivity index (χ0n) is 30.3. The number of non-ortho nitro benzene ring substituents is 1. The Balaban J connectivity index is 0.000000190. The van der Waals surface area contributed by atoms with Crippen LogP contribution in [0.4, 0.5) is 21.9 Å². The molecular formula is C43H35N3O9. The highest BCUT2D eigenvalue weighted by Crippen LogP contribution is 2.41. The van der Waals surface area contributed by atoms with Crippen molar-refractivity contribution in [2.24, 2.45) is 0 Å². The number of nitro benzene ring substituents is 1. The van der Waals surface area contributed by atoms with Crippen molar-refractivity contribution in [1.82, 2.24) is 0 Å². The highest BCUT2D eigenvalue weighted by molar-refractivity contribution is 6.42. The Kier molecular flexibility index (Phi) is 10.7. The molecule has 3 amide bonds. The molecule has 2 aliphatic heterocycles. The van der Waals surface area contributed by atoms with Gasteiger partial charge in [-0.3, -0.25) is 29.4 Å². The summed E-state index contributed by atoms with van der Waals surface area (Å²) < 4.78 is 10.5. The average molecular weight is 738 g/mol. The summed E-state index contributed by atoms with van der Waals surface area (Å²) in [6.45, 7) is 7.10. The number of esters is 1. The molecule has 0 spiro atoms. The lowest BCUT2D eigenvalue weighted by atomic mass is 10.00. The lowest BCUT2D eigenvalue weighted by molar-refractivity contribution is -0.384. The van der Waals surface area contributed by atoms with Gasteiger partial charge in [0.2, 0.25) is 0 Å². The highest BCUT2D eigenvalue weighted by Gasteiger charge is 2.40. The van der Waals surface area contributed by atoms with E-state index in [1.54, 1.807) is 61.5 Å². The van der Waals surface area contributed by atoms with Crippen molar-refractivity contribution in [1.29, 1.82) is 0 Å². The van der Waals surface area contributed by atoms with Crippen LogP contribution in [-0.4, -0.2) is 40.1 Å². The Bertz CT molecular complexity index is 2400. The van der Waals surface area contributed by atoms with Gasteiger partial charge in [-0.1, -0.05) is 78.4 Å². The van der Waals surface area contributed by atoms with Crippen LogP contribution >= 0.6 is 0 Å². The van der Waals surface area contributed by atoms with Crippen molar-refractivity contribution >= 4 is 63.9 Å². The molecule has 5 aromatic carbocycles. The largest absolute Gasteiger partial charge is 0.506 e. The Morgan fingerprint density at radius 2 is 1.42 bits per heavy atom. The number of nitro groups is 1. The molecule has 0 fully saturated rings. The molecule has 12 heteroatoms. The van der Waals surface area contributed by atoms with E-state index in [2.05, 4.69) is 12.1 Å². The third kappa shape index (κ3) is 7.74. The van der Waals surface area contributed by atoms with E-state index < -0.39 is 34.9 Å². The van der Waals surface area contributed by atoms with Gasteiger partial charge in [0.25, 0.3) is 17.5 Å². The van der Waals surface area contributed by atoms with Gasteiger partial charge in [-0.15, -0.1) is 0 Å². The molecule has 1 atom stereocenters. The van der Waals surface area contributed by atoms with Gasteiger partial charge in [0.15, 0.2) is 6.23 Å². The second kappa shape index (κ2) is 15.7. The van der Waals surface area contributed by atoms with Crippen LogP contribution in [0.25, 0.3) is 23.0 Å². The summed E-state index contributed by atoms with van der Waals surface area (Å²) >= 11 is 0. The molecule has 1 unspecified atom stereocenters. The minimum absolute atomic E-state index is 0.0931. The Labute approximate surface area is 316 Å². The third-order valence-corrected chi connectivity index (χ3v) is 8.89. The normalized spacial score (nSPS) is 15.1. The lowest BCUT2D eigenvalue weighted by Gasteiger charge is -2.24. The number of amides is 3. The fraction of sp³-hybridized carbons (Fsp3) is 0.116. The summed E-state index contributed by atoms with van der Waals surface area (Å²) in [5, 5.41) is 21.6. The van der Waals surface area contributed by atoms with Crippen LogP contribution in [-0.2, 0) is 19.1 Å². The van der Waals surface area contributed by atoms with E-state index in [9.17, 15) is 34.4 Å². The molecule has 0 aliphatic carbocycles. The number of carbonyl (C=O) groups is 4. The first kappa shape index (κ1) is 37.4. The highest BCUT2D eigenvalue weighted by atomic mass is 16.6. The number of aliphatic hydroxyl groups excluding tert-OH is 1. The van der Waals surface area contributed by atoms with Crippen LogP contribution in [0.15, 0.2) is 121 Å². The number of carbonyl (C=O) groups excluding carboxylic acids is 4. The van der Waals surface area contributed by atoms with Crippen molar-refractivity contribution in [3.63, 3.8) is 0 Å². The first-order chi connectivity index (χ1) is 26.3. The summed E-state index contributed by atoms with van der Waals surface area (Å²) in [5.74, 6) is -1.45. The second-order valence-corrected chi connectivity index (χ2v) is 12.7. The predicted octanol–water partition coefficient (Wildman–Crippen LogP) is 8.67. The SMILES string of the molecule is CC(=O)OC(C)N1C(=O)C(=Cc2cc(C)ccc2C)c2ccccc21.O=C(Oc1ccccc1)N1C(=O)C(=C(O)c2ccc([N+](=O)[O-])cc2)c2ccccc21. The number of fused-ring (bicyclic) bond motifs is 2. The first-order valence-corrected chi connectivity index (χ1v) is 17.1. The summed E-state index contributed by atoms with van der Waals surface area (Å²) in [6.07, 6.45) is 0.352. The van der Waals surface area contributed by atoms with E-state index in [1.165, 1.54) is 36.1 Å². The zero-order chi connectivity index (χ0) is 39.4. The van der Waals surface area contributed by atoms with E-state index >= 15 is 0 Å². The number of hydrogen-bond donors (Lipinski definition) is 1. The molecule has 2 heterocycles. The lowest BCUT2D eigenvalue weighted by Crippen LogP contribution is -2.38. The average Bonchev–Trinajstić information content (AvgIpc) is 3.62. The minimum atomic E-state index is -0.912. The monoisotopic (exact) mass is 737 g/mol. The molecule has 12 nitrogen and oxygen atoms in total. The van der Waals surface area contributed by atoms with E-state index in [0.29, 0.717) is 11.1 Å². The molecule has 0 saturated carbocycles. The summed E-state index contributed by atoms with van der Waals surface area (Å²) in [4.78, 5) is 62.8. The summed E-state index contributed by atoms with van der Waals surface area (Å²) in [5.41, 5.74) is 6.07. The Hall–Kier alpha value is -7.34. The van der Waals surface area contributed by atoms with Gasteiger partial charge in [0.1, 0.15) is 11.5 Å². The fourth-order valence-corrected chi connectivity index (χ4v) is 6.28. The second-order valence-electron chi connectivity index (χ2n) is 12.7. The number of anilines is 2. The number of hydrogen-bond acceptors (Lipinski definition) is 9. The van der Waals surface area contributed by atoms with Gasteiger partial charge in [0, 0.05) is 41.3 Å². The zero-order valence-corrected chi connectivity index (χ0v) is 30.3. The molecule has 55 heavy (non-hydrogen) atoms. The molecule has 0 radical (unpaired) electrons. The van der Waals surface area contributed by atoms with Crippen LogP contribution in [0.3, 0.4) is 0 Å². The van der Waals surface area contributed by atoms with Crippen LogP contribution in [0.5, 0.6) is 5.75 Å². The first-order valence-electron chi connectivity index (χ1n) is 17.1. The summed E-state index contributed by atoms with van der Waals surface area (Å²) in [6, 6.07) is 33.6. The van der Waals surface area contributed by atoms with Crippen LogP contribution in [0.1, 0.15) is 47.2 Å². The molecule has 0 bridgehead atoms. The molecule has 276 valence electrons. The number of rotatable bonds is 6. The van der Waals surface area contributed by atoms with Crippen molar-refractivity contribution in [2.75, 3.05) is 9.80 Å². The smallest absolute Gasteiger partial charge is 0.426 e. The Morgan fingerprint density at radius 3 is 2.07 bits per heavy atom. The Morgan fingerprint density at radius 1 is 0.800 bits per heavy atom. The third-order valence-electron chi connectivity index (χ3n) is 8.89. The van der Waals surface area contributed by atoms with Crippen LogP contribution in [0.2, 0.25) is 0 Å². The molecular weight excluding hydrogens is 702 g/mol. The number of nitrogens with zero attached hydrogens (tertiary/aromatic N) is 3. The number of para-hydroxylation sites is 3. The topological polar surface area (TPSA) is 157 Å². The van der Waals surface area contributed by atoms with E-state index in [-0.39, 0.29) is 34.2 Å². The van der Waals surface area contributed by atoms with Gasteiger partial charge in [-0.2, -0.15) is 0 Å². The number of imide groups is 1. The minimum Gasteiger partial charge on any atom is -0.506 e. The molecule has 2 aliphatic rings. The van der Waals surface area contributed by atoms with Gasteiger partial charge >= 0.3 is 12.1 Å². The van der Waals surface area contributed by atoms with Gasteiger partial charge in [-0.05, 0) is 74.4 Å². The maximum atomic E-state index is 13.1.